The Balaban J connectivity index is 1.44. The van der Waals surface area contributed by atoms with Crippen molar-refractivity contribution in [2.75, 3.05) is 10.1 Å². The van der Waals surface area contributed by atoms with Crippen LogP contribution in [0.25, 0.3) is 11.1 Å². The van der Waals surface area contributed by atoms with Crippen molar-refractivity contribution < 1.29 is 14.8 Å². The maximum atomic E-state index is 13.6. The second-order valence-corrected chi connectivity index (χ2v) is 8.86. The Bertz CT molecular complexity index is 1190. The Kier molecular flexibility index (Phi) is 4.47. The van der Waals surface area contributed by atoms with Crippen LogP contribution in [0.4, 0.5) is 11.4 Å². The van der Waals surface area contributed by atoms with E-state index in [1.54, 1.807) is 0 Å². The first-order valence-corrected chi connectivity index (χ1v) is 11.0. The van der Waals surface area contributed by atoms with Crippen molar-refractivity contribution in [1.82, 2.24) is 0 Å². The molecule has 1 saturated heterocycles. The summed E-state index contributed by atoms with van der Waals surface area (Å²) in [5.74, 6) is -1.19. The van der Waals surface area contributed by atoms with Crippen LogP contribution in [0.15, 0.2) is 84.9 Å². The summed E-state index contributed by atoms with van der Waals surface area (Å²) in [6.07, 6.45) is 0.795. The summed E-state index contributed by atoms with van der Waals surface area (Å²) in [5, 5.41) is 20.0. The van der Waals surface area contributed by atoms with Gasteiger partial charge in [0.1, 0.15) is 0 Å². The smallest absolute Gasteiger partial charge is 0.238 e. The lowest BCUT2D eigenvalue weighted by Gasteiger charge is -2.27. The first-order valence-electron chi connectivity index (χ1n) is 11.0. The number of fused-ring (bicyclic) bond motifs is 5. The minimum Gasteiger partial charge on any atom is -0.733 e. The first-order chi connectivity index (χ1) is 16.1. The second-order valence-electron chi connectivity index (χ2n) is 8.86. The lowest BCUT2D eigenvalue weighted by molar-refractivity contribution is -0.123. The number of anilines is 2. The van der Waals surface area contributed by atoms with E-state index >= 15 is 0 Å². The summed E-state index contributed by atoms with van der Waals surface area (Å²) in [5.41, 5.74) is 5.01. The maximum Gasteiger partial charge on any atom is 0.238 e. The molecule has 1 aliphatic heterocycles. The fourth-order valence-electron chi connectivity index (χ4n) is 6.08. The molecule has 33 heavy (non-hydrogen) atoms. The summed E-state index contributed by atoms with van der Waals surface area (Å²) in [6, 6.07) is 26.1. The average molecular weight is 437 g/mol. The van der Waals surface area contributed by atoms with E-state index in [-0.39, 0.29) is 34.6 Å². The number of imide groups is 1. The summed E-state index contributed by atoms with van der Waals surface area (Å²) in [4.78, 5) is 28.4. The lowest BCUT2D eigenvalue weighted by atomic mass is 9.73. The van der Waals surface area contributed by atoms with E-state index in [4.69, 9.17) is 5.21 Å². The van der Waals surface area contributed by atoms with E-state index in [0.29, 0.717) is 5.69 Å². The standard InChI is InChI=1S/C27H21N2O4/c30-26-24-20-15-21(25(24)27(31)28(26)18-11-13-19(14-12-18)29(32)33)23(17-9-5-2-6-10-17)22(20)16-7-3-1-4-8-16/h1-14,20-21,24-25,32H,15H2/q-1. The summed E-state index contributed by atoms with van der Waals surface area (Å²) in [7, 11) is 0. The van der Waals surface area contributed by atoms with Crippen molar-refractivity contribution in [2.24, 2.45) is 23.7 Å². The third-order valence-corrected chi connectivity index (χ3v) is 7.30. The van der Waals surface area contributed by atoms with E-state index in [2.05, 4.69) is 24.3 Å². The Morgan fingerprint density at radius 3 is 1.61 bits per heavy atom. The molecule has 0 aromatic heterocycles. The van der Waals surface area contributed by atoms with Crippen molar-refractivity contribution in [3.05, 3.63) is 101 Å². The van der Waals surface area contributed by atoms with E-state index in [9.17, 15) is 14.8 Å². The molecule has 2 aliphatic carbocycles. The van der Waals surface area contributed by atoms with Gasteiger partial charge in [0.2, 0.25) is 11.8 Å². The predicted octanol–water partition coefficient (Wildman–Crippen LogP) is 4.75. The average Bonchev–Trinajstić information content (AvgIpc) is 3.49. The number of carbonyl (C=O) groups is 2. The largest absolute Gasteiger partial charge is 0.733 e. The first kappa shape index (κ1) is 19.9. The van der Waals surface area contributed by atoms with E-state index in [1.807, 2.05) is 36.4 Å². The van der Waals surface area contributed by atoms with Gasteiger partial charge in [0.05, 0.1) is 23.2 Å². The van der Waals surface area contributed by atoms with Crippen molar-refractivity contribution in [2.45, 2.75) is 6.42 Å². The van der Waals surface area contributed by atoms with E-state index in [1.165, 1.54) is 40.3 Å². The maximum absolute atomic E-state index is 13.6. The van der Waals surface area contributed by atoms with Crippen LogP contribution in [0, 0.1) is 28.9 Å². The molecule has 2 amide bonds. The Hall–Kier alpha value is -3.74. The van der Waals surface area contributed by atoms with Crippen LogP contribution < -0.4 is 10.1 Å². The Morgan fingerprint density at radius 2 is 1.18 bits per heavy atom. The van der Waals surface area contributed by atoms with Crippen molar-refractivity contribution in [3.63, 3.8) is 0 Å². The SMILES string of the molecule is O=C1C2C3CC(C(c4ccccc4)=C3c3ccccc3)C2C(=O)N1c1ccc(N([O-])O)cc1. The molecule has 0 radical (unpaired) electrons. The molecule has 3 aromatic carbocycles. The molecule has 2 fully saturated rings. The molecular weight excluding hydrogens is 416 g/mol. The number of hydrogen-bond donors (Lipinski definition) is 1. The topological polar surface area (TPSA) is 83.9 Å². The number of nitrogens with zero attached hydrogens (tertiary/aromatic N) is 2. The van der Waals surface area contributed by atoms with Crippen LogP contribution in [-0.2, 0) is 9.59 Å². The third-order valence-electron chi connectivity index (χ3n) is 7.30. The monoisotopic (exact) mass is 437 g/mol. The van der Waals surface area contributed by atoms with Crippen LogP contribution in [0.2, 0.25) is 0 Å². The highest BCUT2D eigenvalue weighted by atomic mass is 16.8. The number of rotatable bonds is 4. The zero-order chi connectivity index (χ0) is 22.7. The van der Waals surface area contributed by atoms with Crippen LogP contribution in [0.3, 0.4) is 0 Å². The van der Waals surface area contributed by atoms with Crippen LogP contribution in [0.1, 0.15) is 17.5 Å². The molecule has 1 N–H and O–H groups in total. The lowest BCUT2D eigenvalue weighted by Crippen LogP contribution is -2.33. The fourth-order valence-corrected chi connectivity index (χ4v) is 6.08. The summed E-state index contributed by atoms with van der Waals surface area (Å²) >= 11 is 0. The zero-order valence-corrected chi connectivity index (χ0v) is 17.7. The Morgan fingerprint density at radius 1 is 0.727 bits per heavy atom. The molecule has 3 aromatic rings. The molecule has 0 spiro atoms. The van der Waals surface area contributed by atoms with Gasteiger partial charge in [-0.2, -0.15) is 0 Å². The normalized spacial score (nSPS) is 25.7. The fraction of sp³-hybridized carbons (Fsp3) is 0.185. The number of allylic oxidation sites excluding steroid dienone is 2. The van der Waals surface area contributed by atoms with Crippen LogP contribution in [-0.4, -0.2) is 17.0 Å². The van der Waals surface area contributed by atoms with Crippen molar-refractivity contribution >= 4 is 34.3 Å². The van der Waals surface area contributed by atoms with Crippen LogP contribution in [0.5, 0.6) is 0 Å². The minimum absolute atomic E-state index is 0.0205. The Labute approximate surface area is 190 Å². The molecule has 3 aliphatic rings. The van der Waals surface area contributed by atoms with Crippen molar-refractivity contribution in [1.29, 1.82) is 0 Å². The molecule has 4 atom stereocenters. The van der Waals surface area contributed by atoms with Gasteiger partial charge in [0.15, 0.2) is 0 Å². The highest BCUT2D eigenvalue weighted by Gasteiger charge is 2.64. The summed E-state index contributed by atoms with van der Waals surface area (Å²) in [6.45, 7) is 0. The van der Waals surface area contributed by atoms with Gasteiger partial charge in [0.25, 0.3) is 0 Å². The van der Waals surface area contributed by atoms with Crippen molar-refractivity contribution in [3.8, 4) is 0 Å². The highest BCUT2D eigenvalue weighted by molar-refractivity contribution is 6.24. The van der Waals surface area contributed by atoms with Gasteiger partial charge >= 0.3 is 0 Å². The molecule has 6 rings (SSSR count). The molecule has 1 heterocycles. The predicted molar refractivity (Wildman–Crippen MR) is 125 cm³/mol. The minimum atomic E-state index is -0.390. The van der Waals surface area contributed by atoms with Gasteiger partial charge < -0.3 is 10.4 Å². The third kappa shape index (κ3) is 2.88. The van der Waals surface area contributed by atoms with Gasteiger partial charge in [-0.15, -0.1) is 0 Å². The number of benzene rings is 3. The van der Waals surface area contributed by atoms with Gasteiger partial charge in [-0.05, 0) is 64.8 Å². The van der Waals surface area contributed by atoms with E-state index < -0.39 is 11.8 Å². The highest BCUT2D eigenvalue weighted by Crippen LogP contribution is 2.63. The molecule has 6 heteroatoms. The molecular formula is C27H21N2O4-. The molecule has 164 valence electrons. The number of carbonyl (C=O) groups excluding carboxylic acids is 2. The quantitative estimate of drug-likeness (QED) is 0.471. The molecule has 6 nitrogen and oxygen atoms in total. The zero-order valence-electron chi connectivity index (χ0n) is 17.7. The van der Waals surface area contributed by atoms with Gasteiger partial charge in [0, 0.05) is 0 Å². The molecule has 4 unspecified atom stereocenters. The molecule has 2 bridgehead atoms. The summed E-state index contributed by atoms with van der Waals surface area (Å²) < 4.78 is 0. The van der Waals surface area contributed by atoms with E-state index in [0.717, 1.165) is 17.5 Å². The van der Waals surface area contributed by atoms with Crippen LogP contribution >= 0.6 is 0 Å². The van der Waals surface area contributed by atoms with Gasteiger partial charge in [-0.1, -0.05) is 60.7 Å². The second kappa shape index (κ2) is 7.40. The molecule has 1 saturated carbocycles. The van der Waals surface area contributed by atoms with Gasteiger partial charge in [-0.25, -0.2) is 0 Å². The van der Waals surface area contributed by atoms with Gasteiger partial charge in [-0.3, -0.25) is 19.7 Å². The number of amides is 2. The number of hydrogen-bond acceptors (Lipinski definition) is 5.